The Kier molecular flexibility index (Phi) is 2.83. The van der Waals surface area contributed by atoms with E-state index in [-0.39, 0.29) is 12.7 Å². The molecule has 1 fully saturated rings. The Balaban J connectivity index is 2.07. The Morgan fingerprint density at radius 3 is 3.13 bits per heavy atom. The fourth-order valence-electron chi connectivity index (χ4n) is 1.54. The van der Waals surface area contributed by atoms with Crippen molar-refractivity contribution in [2.24, 2.45) is 0 Å². The van der Waals surface area contributed by atoms with E-state index in [1.54, 1.807) is 0 Å². The van der Waals surface area contributed by atoms with Gasteiger partial charge in [0.25, 0.3) is 0 Å². The molecule has 1 aromatic rings. The van der Waals surface area contributed by atoms with Crippen LogP contribution in [0, 0.1) is 12.3 Å². The molecule has 0 saturated carbocycles. The number of hydrogen-bond donors (Lipinski definition) is 0. The third-order valence-electron chi connectivity index (χ3n) is 2.36. The highest BCUT2D eigenvalue weighted by atomic mass is 79.9. The van der Waals surface area contributed by atoms with Crippen LogP contribution in [0.5, 0.6) is 0 Å². The number of ether oxygens (including phenoxy) is 2. The molecular weight excluding hydrogens is 256 g/mol. The molecule has 1 aliphatic rings. The second-order valence-corrected chi connectivity index (χ2v) is 4.48. The predicted molar refractivity (Wildman–Crippen MR) is 61.2 cm³/mol. The average Bonchev–Trinajstić information content (AvgIpc) is 2.89. The summed E-state index contributed by atoms with van der Waals surface area (Å²) >= 11 is 3.42. The van der Waals surface area contributed by atoms with Crippen LogP contribution in [-0.4, -0.2) is 12.4 Å². The van der Waals surface area contributed by atoms with Crippen molar-refractivity contribution in [2.45, 2.75) is 18.8 Å². The van der Waals surface area contributed by atoms with Crippen LogP contribution in [0.1, 0.15) is 18.6 Å². The van der Waals surface area contributed by atoms with Crippen molar-refractivity contribution in [2.75, 3.05) is 6.61 Å². The molecule has 15 heavy (non-hydrogen) atoms. The first-order chi connectivity index (χ1) is 7.15. The first-order valence-electron chi connectivity index (χ1n) is 4.66. The normalized spacial score (nSPS) is 28.5. The van der Waals surface area contributed by atoms with Gasteiger partial charge in [-0.05, 0) is 24.6 Å². The van der Waals surface area contributed by atoms with E-state index in [9.17, 15) is 0 Å². The maximum absolute atomic E-state index is 5.51. The number of halogens is 1. The second-order valence-electron chi connectivity index (χ2n) is 3.56. The molecule has 1 saturated heterocycles. The average molecular weight is 267 g/mol. The summed E-state index contributed by atoms with van der Waals surface area (Å²) in [6.45, 7) is 2.18. The molecule has 2 atom stereocenters. The van der Waals surface area contributed by atoms with Crippen molar-refractivity contribution < 1.29 is 9.47 Å². The van der Waals surface area contributed by atoms with E-state index in [1.807, 2.05) is 31.2 Å². The Labute approximate surface area is 97.7 Å². The van der Waals surface area contributed by atoms with Crippen LogP contribution in [0.3, 0.4) is 0 Å². The van der Waals surface area contributed by atoms with Crippen molar-refractivity contribution in [3.05, 3.63) is 34.3 Å². The molecule has 0 spiro atoms. The van der Waals surface area contributed by atoms with Crippen molar-refractivity contribution in [1.29, 1.82) is 0 Å². The van der Waals surface area contributed by atoms with E-state index in [2.05, 4.69) is 21.9 Å². The number of epoxide rings is 1. The summed E-state index contributed by atoms with van der Waals surface area (Å²) in [5.74, 6) is 1.89. The van der Waals surface area contributed by atoms with Crippen molar-refractivity contribution in [1.82, 2.24) is 0 Å². The second kappa shape index (κ2) is 3.97. The first kappa shape index (κ1) is 10.7. The molecule has 0 N–H and O–H groups in total. The highest BCUT2D eigenvalue weighted by Crippen LogP contribution is 2.50. The molecule has 1 aliphatic heterocycles. The van der Waals surface area contributed by atoms with Gasteiger partial charge in [-0.25, -0.2) is 0 Å². The zero-order chi connectivity index (χ0) is 10.9. The number of terminal acetylenes is 1. The fourth-order valence-corrected chi connectivity index (χ4v) is 1.95. The van der Waals surface area contributed by atoms with Crippen LogP contribution >= 0.6 is 15.9 Å². The molecule has 0 amide bonds. The molecule has 78 valence electrons. The van der Waals surface area contributed by atoms with E-state index in [0.29, 0.717) is 0 Å². The van der Waals surface area contributed by atoms with E-state index >= 15 is 0 Å². The molecule has 3 heteroatoms. The van der Waals surface area contributed by atoms with E-state index < -0.39 is 5.79 Å². The molecule has 0 bridgehead atoms. The van der Waals surface area contributed by atoms with Gasteiger partial charge in [0, 0.05) is 4.47 Å². The van der Waals surface area contributed by atoms with Crippen LogP contribution in [0.4, 0.5) is 0 Å². The minimum Gasteiger partial charge on any atom is -0.334 e. The van der Waals surface area contributed by atoms with Gasteiger partial charge in [0.1, 0.15) is 12.7 Å². The van der Waals surface area contributed by atoms with Gasteiger partial charge in [-0.15, -0.1) is 6.42 Å². The highest BCUT2D eigenvalue weighted by molar-refractivity contribution is 9.10. The summed E-state index contributed by atoms with van der Waals surface area (Å²) in [7, 11) is 0. The summed E-state index contributed by atoms with van der Waals surface area (Å²) in [5, 5.41) is 0. The lowest BCUT2D eigenvalue weighted by molar-refractivity contribution is -0.0123. The predicted octanol–water partition coefficient (Wildman–Crippen LogP) is 2.89. The van der Waals surface area contributed by atoms with Crippen molar-refractivity contribution in [3.63, 3.8) is 0 Å². The van der Waals surface area contributed by atoms with Gasteiger partial charge in [0.15, 0.2) is 5.79 Å². The number of benzene rings is 1. The monoisotopic (exact) mass is 266 g/mol. The first-order valence-corrected chi connectivity index (χ1v) is 5.46. The quantitative estimate of drug-likeness (QED) is 0.620. The largest absolute Gasteiger partial charge is 0.334 e. The van der Waals surface area contributed by atoms with Gasteiger partial charge < -0.3 is 9.47 Å². The summed E-state index contributed by atoms with van der Waals surface area (Å²) in [6.07, 6.45) is 5.12. The number of rotatable bonds is 3. The van der Waals surface area contributed by atoms with Gasteiger partial charge in [0.2, 0.25) is 0 Å². The lowest BCUT2D eigenvalue weighted by Gasteiger charge is -2.05. The molecule has 1 aromatic carbocycles. The molecule has 2 nitrogen and oxygen atoms in total. The van der Waals surface area contributed by atoms with Crippen LogP contribution in [0.15, 0.2) is 28.7 Å². The molecule has 0 unspecified atom stereocenters. The minimum absolute atomic E-state index is 0.0108. The van der Waals surface area contributed by atoms with Gasteiger partial charge in [-0.3, -0.25) is 0 Å². The molecule has 1 heterocycles. The molecular formula is C12H11BrO2. The third-order valence-corrected chi connectivity index (χ3v) is 2.86. The maximum Gasteiger partial charge on any atom is 0.198 e. The van der Waals surface area contributed by atoms with Crippen LogP contribution in [0.2, 0.25) is 0 Å². The Hall–Kier alpha value is -0.820. The SMILES string of the molecule is C#CCO[C@]1(C)O[C@@H]1c1cccc(Br)c1. The van der Waals surface area contributed by atoms with E-state index in [4.69, 9.17) is 15.9 Å². The lowest BCUT2D eigenvalue weighted by atomic mass is 10.1. The summed E-state index contributed by atoms with van der Waals surface area (Å²) < 4.78 is 12.0. The van der Waals surface area contributed by atoms with Gasteiger partial charge >= 0.3 is 0 Å². The Morgan fingerprint density at radius 2 is 2.47 bits per heavy atom. The van der Waals surface area contributed by atoms with E-state index in [0.717, 1.165) is 10.0 Å². The topological polar surface area (TPSA) is 21.8 Å². The maximum atomic E-state index is 5.51. The zero-order valence-corrected chi connectivity index (χ0v) is 9.95. The molecule has 0 aliphatic carbocycles. The summed E-state index contributed by atoms with van der Waals surface area (Å²) in [4.78, 5) is 0. The standard InChI is InChI=1S/C12H11BrO2/c1-3-7-14-12(2)11(15-12)9-5-4-6-10(13)8-9/h1,4-6,8,11H,7H2,2H3/t11-,12-/m1/s1. The smallest absolute Gasteiger partial charge is 0.198 e. The lowest BCUT2D eigenvalue weighted by Crippen LogP contribution is -2.12. The van der Waals surface area contributed by atoms with Crippen LogP contribution < -0.4 is 0 Å². The van der Waals surface area contributed by atoms with Gasteiger partial charge in [0.05, 0.1) is 0 Å². The Morgan fingerprint density at radius 1 is 1.67 bits per heavy atom. The molecule has 0 radical (unpaired) electrons. The van der Waals surface area contributed by atoms with Crippen molar-refractivity contribution >= 4 is 15.9 Å². The van der Waals surface area contributed by atoms with Gasteiger partial charge in [-0.1, -0.05) is 34.0 Å². The summed E-state index contributed by atoms with van der Waals surface area (Å²) in [5.41, 5.74) is 1.10. The van der Waals surface area contributed by atoms with Gasteiger partial charge in [-0.2, -0.15) is 0 Å². The van der Waals surface area contributed by atoms with Crippen LogP contribution in [0.25, 0.3) is 0 Å². The zero-order valence-electron chi connectivity index (χ0n) is 8.37. The third kappa shape index (κ3) is 2.23. The van der Waals surface area contributed by atoms with E-state index in [1.165, 1.54) is 0 Å². The fraction of sp³-hybridized carbons (Fsp3) is 0.333. The minimum atomic E-state index is -0.548. The van der Waals surface area contributed by atoms with Crippen LogP contribution in [-0.2, 0) is 9.47 Å². The van der Waals surface area contributed by atoms with Crippen molar-refractivity contribution in [3.8, 4) is 12.3 Å². The summed E-state index contributed by atoms with van der Waals surface area (Å²) in [6, 6.07) is 7.99. The number of hydrogen-bond acceptors (Lipinski definition) is 2. The molecule has 2 rings (SSSR count). The molecule has 0 aromatic heterocycles. The highest BCUT2D eigenvalue weighted by Gasteiger charge is 2.54. The Bertz CT molecular complexity index is 410.